The zero-order chi connectivity index (χ0) is 17.8. The van der Waals surface area contributed by atoms with Gasteiger partial charge in [0.15, 0.2) is 0 Å². The second-order valence-electron chi connectivity index (χ2n) is 7.94. The third-order valence-corrected chi connectivity index (χ3v) is 5.39. The van der Waals surface area contributed by atoms with Gasteiger partial charge in [0, 0.05) is 0 Å². The molecule has 0 heteroatoms. The van der Waals surface area contributed by atoms with Crippen LogP contribution >= 0.6 is 0 Å². The summed E-state index contributed by atoms with van der Waals surface area (Å²) in [6.07, 6.45) is 35.4. The first-order chi connectivity index (χ1) is 12.4. The molecule has 0 fully saturated rings. The largest absolute Gasteiger partial charge is 0.0999 e. The standard InChI is InChI=1S/C25H44/c1-25-23-21-19-17-15-13-11-9-7-5-3-2-4-6-8-10-12-14-16-18-20-22-24-25/h7,9,15,17H,1-6,8,10-14,16,18-24H2/b9-7-,17-15+. The van der Waals surface area contributed by atoms with E-state index < -0.39 is 0 Å². The molecule has 1 rings (SSSR count). The van der Waals surface area contributed by atoms with Crippen molar-refractivity contribution < 1.29 is 0 Å². The van der Waals surface area contributed by atoms with Gasteiger partial charge in [-0.1, -0.05) is 101 Å². The summed E-state index contributed by atoms with van der Waals surface area (Å²) in [5, 5.41) is 0. The Kier molecular flexibility index (Phi) is 16.0. The maximum Gasteiger partial charge on any atom is -0.0316 e. The quantitative estimate of drug-likeness (QED) is 0.384. The van der Waals surface area contributed by atoms with E-state index in [1.54, 1.807) is 0 Å². The summed E-state index contributed by atoms with van der Waals surface area (Å²) in [4.78, 5) is 0. The predicted octanol–water partition coefficient (Wildman–Crippen LogP) is 9.08. The minimum Gasteiger partial charge on any atom is -0.0999 e. The molecule has 144 valence electrons. The third kappa shape index (κ3) is 16.4. The highest BCUT2D eigenvalue weighted by atomic mass is 14.0. The van der Waals surface area contributed by atoms with Crippen LogP contribution in [-0.2, 0) is 0 Å². The Balaban J connectivity index is 2.17. The van der Waals surface area contributed by atoms with Crippen LogP contribution in [0.15, 0.2) is 36.5 Å². The smallest absolute Gasteiger partial charge is 0.0316 e. The molecule has 0 amide bonds. The molecule has 0 unspecified atom stereocenters. The average Bonchev–Trinajstić information content (AvgIpc) is 2.61. The SMILES string of the molecule is C=C1CCC/C=C/CC/C=C\CCCCCCCCCCCCCC1. The molecule has 0 aromatic carbocycles. The van der Waals surface area contributed by atoms with Crippen LogP contribution in [0, 0.1) is 0 Å². The fraction of sp³-hybridized carbons (Fsp3) is 0.760. The van der Waals surface area contributed by atoms with Gasteiger partial charge >= 0.3 is 0 Å². The Labute approximate surface area is 158 Å². The van der Waals surface area contributed by atoms with E-state index in [2.05, 4.69) is 30.9 Å². The molecule has 0 nitrogen and oxygen atoms in total. The molecular formula is C25H44. The lowest BCUT2D eigenvalue weighted by Crippen LogP contribution is -1.86. The van der Waals surface area contributed by atoms with Crippen molar-refractivity contribution in [2.24, 2.45) is 0 Å². The van der Waals surface area contributed by atoms with Gasteiger partial charge in [-0.3, -0.25) is 0 Å². The van der Waals surface area contributed by atoms with Crippen molar-refractivity contribution in [3.05, 3.63) is 36.5 Å². The number of rotatable bonds is 0. The molecule has 0 saturated carbocycles. The van der Waals surface area contributed by atoms with Crippen molar-refractivity contribution >= 4 is 0 Å². The zero-order valence-corrected chi connectivity index (χ0v) is 17.0. The van der Waals surface area contributed by atoms with Crippen LogP contribution in [0.5, 0.6) is 0 Å². The van der Waals surface area contributed by atoms with Crippen LogP contribution in [0.1, 0.15) is 122 Å². The Morgan fingerprint density at radius 3 is 1.32 bits per heavy atom. The van der Waals surface area contributed by atoms with Gasteiger partial charge in [-0.15, -0.1) is 0 Å². The van der Waals surface area contributed by atoms with Crippen LogP contribution in [-0.4, -0.2) is 0 Å². The van der Waals surface area contributed by atoms with Gasteiger partial charge in [0.2, 0.25) is 0 Å². The van der Waals surface area contributed by atoms with Crippen molar-refractivity contribution in [2.75, 3.05) is 0 Å². The van der Waals surface area contributed by atoms with Gasteiger partial charge in [0.1, 0.15) is 0 Å². The molecule has 0 radical (unpaired) electrons. The van der Waals surface area contributed by atoms with E-state index in [0.717, 1.165) is 0 Å². The van der Waals surface area contributed by atoms with Crippen molar-refractivity contribution in [2.45, 2.75) is 122 Å². The third-order valence-electron chi connectivity index (χ3n) is 5.39. The Bertz CT molecular complexity index is 347. The van der Waals surface area contributed by atoms with E-state index in [-0.39, 0.29) is 0 Å². The van der Waals surface area contributed by atoms with Gasteiger partial charge < -0.3 is 0 Å². The zero-order valence-electron chi connectivity index (χ0n) is 17.0. The topological polar surface area (TPSA) is 0 Å². The first kappa shape index (κ1) is 22.3. The number of hydrogen-bond acceptors (Lipinski definition) is 0. The summed E-state index contributed by atoms with van der Waals surface area (Å²) in [5.74, 6) is 0. The maximum absolute atomic E-state index is 4.27. The van der Waals surface area contributed by atoms with Crippen LogP contribution in [0.4, 0.5) is 0 Å². The molecule has 0 aromatic rings. The van der Waals surface area contributed by atoms with Gasteiger partial charge in [0.25, 0.3) is 0 Å². The molecule has 0 bridgehead atoms. The van der Waals surface area contributed by atoms with Crippen LogP contribution in [0.3, 0.4) is 0 Å². The minimum atomic E-state index is 1.21. The molecule has 0 aliphatic heterocycles. The molecular weight excluding hydrogens is 300 g/mol. The van der Waals surface area contributed by atoms with Crippen LogP contribution in [0.25, 0.3) is 0 Å². The lowest BCUT2D eigenvalue weighted by atomic mass is 10.0. The Morgan fingerprint density at radius 2 is 0.760 bits per heavy atom. The first-order valence-electron chi connectivity index (χ1n) is 11.4. The molecule has 0 heterocycles. The molecule has 0 saturated heterocycles. The summed E-state index contributed by atoms with van der Waals surface area (Å²) in [6.45, 7) is 4.27. The van der Waals surface area contributed by atoms with Gasteiger partial charge in [-0.25, -0.2) is 0 Å². The monoisotopic (exact) mass is 344 g/mol. The van der Waals surface area contributed by atoms with Gasteiger partial charge in [0.05, 0.1) is 0 Å². The molecule has 0 N–H and O–H groups in total. The van der Waals surface area contributed by atoms with E-state index in [4.69, 9.17) is 0 Å². The summed E-state index contributed by atoms with van der Waals surface area (Å²) in [6, 6.07) is 0. The fourth-order valence-corrected chi connectivity index (χ4v) is 3.66. The van der Waals surface area contributed by atoms with Crippen molar-refractivity contribution in [3.8, 4) is 0 Å². The summed E-state index contributed by atoms with van der Waals surface area (Å²) in [5.41, 5.74) is 1.48. The fourth-order valence-electron chi connectivity index (χ4n) is 3.66. The highest BCUT2D eigenvalue weighted by Crippen LogP contribution is 2.17. The van der Waals surface area contributed by atoms with Gasteiger partial charge in [-0.05, 0) is 57.8 Å². The molecule has 1 aliphatic carbocycles. The Hall–Kier alpha value is -0.780. The summed E-state index contributed by atoms with van der Waals surface area (Å²) >= 11 is 0. The van der Waals surface area contributed by atoms with Crippen molar-refractivity contribution in [3.63, 3.8) is 0 Å². The molecule has 25 heavy (non-hydrogen) atoms. The highest BCUT2D eigenvalue weighted by Gasteiger charge is 1.97. The first-order valence-corrected chi connectivity index (χ1v) is 11.4. The summed E-state index contributed by atoms with van der Waals surface area (Å²) < 4.78 is 0. The average molecular weight is 345 g/mol. The van der Waals surface area contributed by atoms with Gasteiger partial charge in [-0.2, -0.15) is 0 Å². The second kappa shape index (κ2) is 18.0. The predicted molar refractivity (Wildman–Crippen MR) is 115 cm³/mol. The van der Waals surface area contributed by atoms with Crippen LogP contribution in [0.2, 0.25) is 0 Å². The summed E-state index contributed by atoms with van der Waals surface area (Å²) in [7, 11) is 0. The van der Waals surface area contributed by atoms with Crippen molar-refractivity contribution in [1.29, 1.82) is 0 Å². The van der Waals surface area contributed by atoms with E-state index >= 15 is 0 Å². The van der Waals surface area contributed by atoms with E-state index in [0.29, 0.717) is 0 Å². The molecule has 0 atom stereocenters. The minimum absolute atomic E-state index is 1.21. The van der Waals surface area contributed by atoms with E-state index in [1.807, 2.05) is 0 Å². The molecule has 0 spiro atoms. The molecule has 1 aliphatic rings. The maximum atomic E-state index is 4.27. The molecule has 0 aromatic heterocycles. The lowest BCUT2D eigenvalue weighted by Gasteiger charge is -2.05. The van der Waals surface area contributed by atoms with Crippen LogP contribution < -0.4 is 0 Å². The van der Waals surface area contributed by atoms with Crippen molar-refractivity contribution in [1.82, 2.24) is 0 Å². The lowest BCUT2D eigenvalue weighted by molar-refractivity contribution is 0.540. The normalized spacial score (nSPS) is 24.9. The van der Waals surface area contributed by atoms with E-state index in [9.17, 15) is 0 Å². The second-order valence-corrected chi connectivity index (χ2v) is 7.94. The number of hydrogen-bond donors (Lipinski definition) is 0. The number of allylic oxidation sites excluding steroid dienone is 5. The van der Waals surface area contributed by atoms with E-state index in [1.165, 1.54) is 128 Å². The Morgan fingerprint density at radius 1 is 0.400 bits per heavy atom. The highest BCUT2D eigenvalue weighted by molar-refractivity contribution is 4.95.